The summed E-state index contributed by atoms with van der Waals surface area (Å²) in [7, 11) is 0. The van der Waals surface area contributed by atoms with E-state index < -0.39 is 5.41 Å². The predicted octanol–water partition coefficient (Wildman–Crippen LogP) is 9.23. The molecule has 3 rings (SSSR count). The van der Waals surface area contributed by atoms with E-state index in [-0.39, 0.29) is 37.1 Å². The molecule has 0 fully saturated rings. The minimum Gasteiger partial charge on any atom is -0.512 e. The third-order valence-electron chi connectivity index (χ3n) is 6.47. The molecule has 1 aromatic heterocycles. The summed E-state index contributed by atoms with van der Waals surface area (Å²) in [5.74, 6) is 0.690. The van der Waals surface area contributed by atoms with Gasteiger partial charge in [-0.2, -0.15) is 0 Å². The Morgan fingerprint density at radius 2 is 1.62 bits per heavy atom. The fourth-order valence-electron chi connectivity index (χ4n) is 3.73. The van der Waals surface area contributed by atoms with E-state index in [0.717, 1.165) is 23.2 Å². The zero-order valence-electron chi connectivity index (χ0n) is 24.5. The second-order valence-electron chi connectivity index (χ2n) is 12.1. The van der Waals surface area contributed by atoms with E-state index >= 15 is 0 Å². The molecule has 1 radical (unpaired) electrons. The van der Waals surface area contributed by atoms with Crippen LogP contribution in [0.1, 0.15) is 90.0 Å². The summed E-state index contributed by atoms with van der Waals surface area (Å²) in [5, 5.41) is 12.1. The van der Waals surface area contributed by atoms with Crippen molar-refractivity contribution in [2.24, 2.45) is 10.8 Å². The van der Waals surface area contributed by atoms with Crippen molar-refractivity contribution >= 4 is 16.6 Å². The molecule has 1 unspecified atom stereocenters. The van der Waals surface area contributed by atoms with Crippen molar-refractivity contribution in [2.75, 3.05) is 0 Å². The molecule has 3 nitrogen and oxygen atoms in total. The van der Waals surface area contributed by atoms with E-state index in [1.54, 1.807) is 0 Å². The number of benzene rings is 2. The molecule has 1 atom stereocenters. The van der Waals surface area contributed by atoms with Crippen LogP contribution in [0.15, 0.2) is 48.4 Å². The Morgan fingerprint density at radius 1 is 1.00 bits per heavy atom. The van der Waals surface area contributed by atoms with Crippen molar-refractivity contribution in [3.05, 3.63) is 76.7 Å². The third kappa shape index (κ3) is 8.90. The van der Waals surface area contributed by atoms with E-state index in [1.165, 1.54) is 33.5 Å². The summed E-state index contributed by atoms with van der Waals surface area (Å²) in [6, 6.07) is 14.6. The van der Waals surface area contributed by atoms with Crippen molar-refractivity contribution in [1.29, 1.82) is 0 Å². The molecule has 0 aliphatic rings. The zero-order chi connectivity index (χ0) is 27.4. The number of aliphatic hydroxyl groups excluding tert-OH is 1. The van der Waals surface area contributed by atoms with E-state index in [4.69, 9.17) is 4.98 Å². The van der Waals surface area contributed by atoms with Crippen molar-refractivity contribution in [2.45, 2.75) is 88.5 Å². The fraction of sp³-hybridized carbons (Fsp3) is 0.455. The number of nitrogens with zero attached hydrogens (tertiary/aromatic N) is 1. The molecule has 0 bridgehead atoms. The maximum Gasteiger partial charge on any atom is 0.164 e. The van der Waals surface area contributed by atoms with Crippen LogP contribution in [0.25, 0.3) is 22.0 Å². The van der Waals surface area contributed by atoms with Crippen molar-refractivity contribution in [1.82, 2.24) is 4.98 Å². The SMILES string of the molecule is CC(C)(C)C(=O)/C=C(\O)C(C)(C)C.CCC(C)c1ccc2c(-c3[c-]c(C)cc(C)c3)ncc(C)c2c1.[Ir]. The van der Waals surface area contributed by atoms with Gasteiger partial charge in [0.05, 0.1) is 0 Å². The van der Waals surface area contributed by atoms with Gasteiger partial charge in [-0.05, 0) is 46.9 Å². The standard InChI is InChI=1S/C22H24N.C11H20O2.Ir/c1-6-16(4)18-7-8-20-21(12-18)17(5)13-23-22(20)19-10-14(2)9-15(3)11-19;1-10(2,3)8(12)7-9(13)11(4,5)6;/h7-10,12-13,16H,6H2,1-5H3;7,12H,1-6H3;/q-1;;/b;8-7-;. The van der Waals surface area contributed by atoms with Gasteiger partial charge in [0.25, 0.3) is 0 Å². The first-order chi connectivity index (χ1) is 16.5. The van der Waals surface area contributed by atoms with Gasteiger partial charge >= 0.3 is 0 Å². The van der Waals surface area contributed by atoms with Crippen molar-refractivity contribution < 1.29 is 30.0 Å². The van der Waals surface area contributed by atoms with Gasteiger partial charge in [0.1, 0.15) is 5.76 Å². The van der Waals surface area contributed by atoms with Crippen LogP contribution in [-0.4, -0.2) is 15.9 Å². The van der Waals surface area contributed by atoms with Gasteiger partial charge in [-0.15, -0.1) is 34.9 Å². The van der Waals surface area contributed by atoms with Crippen molar-refractivity contribution in [3.8, 4) is 11.3 Å². The smallest absolute Gasteiger partial charge is 0.164 e. The topological polar surface area (TPSA) is 50.2 Å². The Kier molecular flexibility index (Phi) is 11.5. The Hall–Kier alpha value is -2.29. The number of ketones is 1. The van der Waals surface area contributed by atoms with Crippen LogP contribution in [0.2, 0.25) is 0 Å². The average Bonchev–Trinajstić information content (AvgIpc) is 2.77. The predicted molar refractivity (Wildman–Crippen MR) is 154 cm³/mol. The molecule has 0 saturated carbocycles. The number of pyridine rings is 1. The van der Waals surface area contributed by atoms with E-state index in [9.17, 15) is 9.90 Å². The molecule has 1 N–H and O–H groups in total. The zero-order valence-corrected chi connectivity index (χ0v) is 26.9. The van der Waals surface area contributed by atoms with Crippen molar-refractivity contribution in [3.63, 3.8) is 0 Å². The molecule has 0 aliphatic heterocycles. The summed E-state index contributed by atoms with van der Waals surface area (Å²) in [4.78, 5) is 16.2. The first-order valence-electron chi connectivity index (χ1n) is 12.9. The third-order valence-corrected chi connectivity index (χ3v) is 6.47. The Bertz CT molecular complexity index is 1240. The van der Waals surface area contributed by atoms with Gasteiger partial charge < -0.3 is 10.1 Å². The summed E-state index contributed by atoms with van der Waals surface area (Å²) in [6.45, 7) is 22.0. The summed E-state index contributed by atoms with van der Waals surface area (Å²) >= 11 is 0. The Labute approximate surface area is 238 Å². The number of aryl methyl sites for hydroxylation is 3. The maximum atomic E-state index is 11.5. The summed E-state index contributed by atoms with van der Waals surface area (Å²) in [6.07, 6.45) is 4.48. The number of hydrogen-bond acceptors (Lipinski definition) is 3. The normalized spacial score (nSPS) is 12.9. The largest absolute Gasteiger partial charge is 0.512 e. The van der Waals surface area contributed by atoms with Crippen LogP contribution in [0.3, 0.4) is 0 Å². The molecule has 3 aromatic rings. The van der Waals surface area contributed by atoms with Gasteiger partial charge in [-0.25, -0.2) is 0 Å². The van der Waals surface area contributed by atoms with Gasteiger partial charge in [0, 0.05) is 43.2 Å². The molecule has 0 saturated heterocycles. The van der Waals surface area contributed by atoms with Crippen LogP contribution in [0, 0.1) is 37.7 Å². The molecule has 2 aromatic carbocycles. The average molecular weight is 679 g/mol. The van der Waals surface area contributed by atoms with E-state index in [2.05, 4.69) is 71.0 Å². The summed E-state index contributed by atoms with van der Waals surface area (Å²) in [5.41, 5.74) is 6.41. The van der Waals surface area contributed by atoms with E-state index in [1.807, 2.05) is 47.7 Å². The maximum absolute atomic E-state index is 11.5. The summed E-state index contributed by atoms with van der Waals surface area (Å²) < 4.78 is 0. The first-order valence-corrected chi connectivity index (χ1v) is 12.9. The van der Waals surface area contributed by atoms with E-state index in [0.29, 0.717) is 5.92 Å². The van der Waals surface area contributed by atoms with Crippen LogP contribution in [0.4, 0.5) is 0 Å². The fourth-order valence-corrected chi connectivity index (χ4v) is 3.73. The first kappa shape index (κ1) is 32.7. The minimum absolute atomic E-state index is 0. The quantitative estimate of drug-likeness (QED) is 0.170. The monoisotopic (exact) mass is 679 g/mol. The number of rotatable bonds is 4. The molecule has 1 heterocycles. The molecule has 0 aliphatic carbocycles. The molecular weight excluding hydrogens is 635 g/mol. The molecular formula is C33H44IrNO2-. The molecule has 0 amide bonds. The molecule has 0 spiro atoms. The second-order valence-corrected chi connectivity index (χ2v) is 12.1. The van der Waals surface area contributed by atoms with Gasteiger partial charge in [-0.1, -0.05) is 87.4 Å². The number of aromatic nitrogens is 1. The van der Waals surface area contributed by atoms with Gasteiger partial charge in [0.15, 0.2) is 5.78 Å². The number of carbonyl (C=O) groups is 1. The number of carbonyl (C=O) groups excluding carboxylic acids is 1. The van der Waals surface area contributed by atoms with Crippen LogP contribution >= 0.6 is 0 Å². The minimum atomic E-state index is -0.417. The molecule has 203 valence electrons. The molecule has 37 heavy (non-hydrogen) atoms. The Morgan fingerprint density at radius 3 is 2.14 bits per heavy atom. The molecule has 4 heteroatoms. The van der Waals surface area contributed by atoms with Gasteiger partial charge in [-0.3, -0.25) is 4.79 Å². The second kappa shape index (κ2) is 13.0. The number of allylic oxidation sites excluding steroid dienone is 2. The van der Waals surface area contributed by atoms with Crippen LogP contribution in [0.5, 0.6) is 0 Å². The van der Waals surface area contributed by atoms with Gasteiger partial charge in [0.2, 0.25) is 0 Å². The van der Waals surface area contributed by atoms with Crippen LogP contribution < -0.4 is 0 Å². The number of hydrogen-bond donors (Lipinski definition) is 1. The number of aliphatic hydroxyl groups is 1. The Balaban J connectivity index is 0.000000423. The number of fused-ring (bicyclic) bond motifs is 1. The van der Waals surface area contributed by atoms with Crippen LogP contribution in [-0.2, 0) is 24.9 Å².